The highest BCUT2D eigenvalue weighted by molar-refractivity contribution is 5.93. The molecular weight excluding hydrogens is 353 g/mol. The molecule has 0 bridgehead atoms. The van der Waals surface area contributed by atoms with Crippen LogP contribution in [0.4, 0.5) is 19.0 Å². The summed E-state index contributed by atoms with van der Waals surface area (Å²) < 4.78 is 51.5. The Morgan fingerprint density at radius 2 is 2.35 bits per heavy atom. The number of amides is 1. The molecule has 3 atom stereocenters. The van der Waals surface area contributed by atoms with Gasteiger partial charge in [-0.3, -0.25) is 4.79 Å². The van der Waals surface area contributed by atoms with Crippen molar-refractivity contribution >= 4 is 11.7 Å². The van der Waals surface area contributed by atoms with Crippen LogP contribution in [0.3, 0.4) is 0 Å². The van der Waals surface area contributed by atoms with Crippen molar-refractivity contribution in [2.24, 2.45) is 0 Å². The number of halogens is 3. The summed E-state index contributed by atoms with van der Waals surface area (Å²) in [6, 6.07) is 1.71. The lowest BCUT2D eigenvalue weighted by molar-refractivity contribution is -0.174. The third-order valence-corrected chi connectivity index (χ3v) is 4.10. The Balaban J connectivity index is 1.88. The Morgan fingerprint density at radius 1 is 1.58 bits per heavy atom. The molecule has 0 aromatic carbocycles. The minimum atomic E-state index is -4.51. The summed E-state index contributed by atoms with van der Waals surface area (Å²) in [7, 11) is 1.49. The van der Waals surface area contributed by atoms with E-state index in [9.17, 15) is 18.0 Å². The Hall–Kier alpha value is -2.49. The number of carbonyl (C=O) groups excluding carboxylic acids is 1. The highest BCUT2D eigenvalue weighted by atomic mass is 19.4. The number of furan rings is 1. The van der Waals surface area contributed by atoms with Crippen LogP contribution in [0, 0.1) is 0 Å². The Labute approximate surface area is 147 Å². The fraction of sp³-hybridized carbons (Fsp3) is 0.500. The topological polar surface area (TPSA) is 81.3 Å². The molecule has 0 spiro atoms. The van der Waals surface area contributed by atoms with Crippen LogP contribution in [-0.2, 0) is 4.74 Å². The van der Waals surface area contributed by atoms with Gasteiger partial charge in [-0.25, -0.2) is 4.68 Å². The third kappa shape index (κ3) is 3.69. The number of fused-ring (bicyclic) bond motifs is 1. The molecule has 26 heavy (non-hydrogen) atoms. The number of nitrogens with one attached hydrogen (secondary N) is 2. The van der Waals surface area contributed by atoms with E-state index in [1.807, 2.05) is 0 Å². The largest absolute Gasteiger partial charge is 0.467 e. The Bertz CT molecular complexity index is 757. The number of nitrogens with zero attached hydrogens (tertiary/aromatic N) is 2. The zero-order chi connectivity index (χ0) is 18.9. The van der Waals surface area contributed by atoms with E-state index in [1.165, 1.54) is 19.4 Å². The molecule has 2 aromatic heterocycles. The van der Waals surface area contributed by atoms with Gasteiger partial charge in [0.1, 0.15) is 11.6 Å². The van der Waals surface area contributed by atoms with Gasteiger partial charge >= 0.3 is 6.18 Å². The number of anilines is 1. The molecule has 3 heterocycles. The van der Waals surface area contributed by atoms with Gasteiger partial charge in [0.05, 0.1) is 18.9 Å². The predicted molar refractivity (Wildman–Crippen MR) is 85.8 cm³/mol. The van der Waals surface area contributed by atoms with Gasteiger partial charge in [-0.2, -0.15) is 18.3 Å². The number of alkyl halides is 3. The van der Waals surface area contributed by atoms with Gasteiger partial charge in [0.15, 0.2) is 11.7 Å². The normalized spacial score (nSPS) is 21.0. The minimum absolute atomic E-state index is 0.0928. The van der Waals surface area contributed by atoms with E-state index in [0.717, 1.165) is 4.68 Å². The van der Waals surface area contributed by atoms with Crippen molar-refractivity contribution in [1.29, 1.82) is 0 Å². The number of carbonyl (C=O) groups is 1. The lowest BCUT2D eigenvalue weighted by Crippen LogP contribution is -2.37. The van der Waals surface area contributed by atoms with Gasteiger partial charge < -0.3 is 19.8 Å². The molecule has 1 amide bonds. The summed E-state index contributed by atoms with van der Waals surface area (Å²) in [5, 5.41) is 9.47. The molecule has 0 saturated heterocycles. The number of ether oxygens (including phenoxy) is 1. The average molecular weight is 372 g/mol. The first-order valence-electron chi connectivity index (χ1n) is 8.05. The number of aromatic nitrogens is 2. The quantitative estimate of drug-likeness (QED) is 0.844. The molecular formula is C16H19F3N4O3. The molecule has 142 valence electrons. The second kappa shape index (κ2) is 7.02. The maximum absolute atomic E-state index is 13.5. The molecule has 7 nitrogen and oxygen atoms in total. The van der Waals surface area contributed by atoms with E-state index in [1.54, 1.807) is 19.1 Å². The highest BCUT2D eigenvalue weighted by Crippen LogP contribution is 2.43. The second-order valence-corrected chi connectivity index (χ2v) is 6.19. The molecule has 3 unspecified atom stereocenters. The standard InChI is InChI=1S/C16H19F3N4O3/c1-9(8-25-2)20-15(24)11-7-14-21-10(12-4-3-5-26-12)6-13(16(17,18)19)23(14)22-11/h3-5,7,9-10,13,21H,6,8H2,1-2H3,(H,20,24). The summed E-state index contributed by atoms with van der Waals surface area (Å²) in [6.45, 7) is 2.00. The average Bonchev–Trinajstić information content (AvgIpc) is 3.22. The van der Waals surface area contributed by atoms with Crippen LogP contribution in [0.15, 0.2) is 28.9 Å². The molecule has 0 saturated carbocycles. The maximum atomic E-state index is 13.5. The predicted octanol–water partition coefficient (Wildman–Crippen LogP) is 2.90. The van der Waals surface area contributed by atoms with Gasteiger partial charge in [0.25, 0.3) is 5.91 Å². The van der Waals surface area contributed by atoms with Crippen LogP contribution in [0.25, 0.3) is 0 Å². The second-order valence-electron chi connectivity index (χ2n) is 6.19. The Kier molecular flexibility index (Phi) is 4.94. The van der Waals surface area contributed by atoms with Gasteiger partial charge in [0, 0.05) is 25.6 Å². The molecule has 0 fully saturated rings. The van der Waals surface area contributed by atoms with Crippen molar-refractivity contribution in [3.05, 3.63) is 35.9 Å². The van der Waals surface area contributed by atoms with Crippen LogP contribution >= 0.6 is 0 Å². The van der Waals surface area contributed by atoms with Crippen molar-refractivity contribution in [2.45, 2.75) is 37.6 Å². The van der Waals surface area contributed by atoms with Crippen LogP contribution in [0.5, 0.6) is 0 Å². The SMILES string of the molecule is COCC(C)NC(=O)c1cc2n(n1)C(C(F)(F)F)CC(c1ccco1)N2. The third-order valence-electron chi connectivity index (χ3n) is 4.10. The van der Waals surface area contributed by atoms with Crippen LogP contribution in [-0.4, -0.2) is 41.6 Å². The van der Waals surface area contributed by atoms with Crippen molar-refractivity contribution in [2.75, 3.05) is 19.0 Å². The van der Waals surface area contributed by atoms with Crippen molar-refractivity contribution in [3.8, 4) is 0 Å². The molecule has 2 aromatic rings. The molecule has 10 heteroatoms. The van der Waals surface area contributed by atoms with E-state index in [2.05, 4.69) is 15.7 Å². The maximum Gasteiger partial charge on any atom is 0.410 e. The lowest BCUT2D eigenvalue weighted by atomic mass is 10.0. The first kappa shape index (κ1) is 18.3. The van der Waals surface area contributed by atoms with E-state index in [-0.39, 0.29) is 30.6 Å². The van der Waals surface area contributed by atoms with Gasteiger partial charge in [0.2, 0.25) is 0 Å². The van der Waals surface area contributed by atoms with E-state index in [4.69, 9.17) is 9.15 Å². The van der Waals surface area contributed by atoms with Crippen molar-refractivity contribution < 1.29 is 27.1 Å². The molecule has 1 aliphatic heterocycles. The first-order valence-corrected chi connectivity index (χ1v) is 8.05. The minimum Gasteiger partial charge on any atom is -0.467 e. The van der Waals surface area contributed by atoms with Crippen molar-refractivity contribution in [3.63, 3.8) is 0 Å². The zero-order valence-corrected chi connectivity index (χ0v) is 14.2. The van der Waals surface area contributed by atoms with Gasteiger partial charge in [-0.15, -0.1) is 0 Å². The summed E-state index contributed by atoms with van der Waals surface area (Å²) in [5.74, 6) is -0.0512. The van der Waals surface area contributed by atoms with Crippen molar-refractivity contribution in [1.82, 2.24) is 15.1 Å². The number of rotatable bonds is 5. The Morgan fingerprint density at radius 3 is 2.96 bits per heavy atom. The molecule has 2 N–H and O–H groups in total. The van der Waals surface area contributed by atoms with Crippen LogP contribution in [0.1, 0.15) is 41.7 Å². The van der Waals surface area contributed by atoms with E-state index < -0.39 is 24.2 Å². The fourth-order valence-electron chi connectivity index (χ4n) is 2.95. The fourth-order valence-corrected chi connectivity index (χ4v) is 2.95. The van der Waals surface area contributed by atoms with Crippen LogP contribution < -0.4 is 10.6 Å². The smallest absolute Gasteiger partial charge is 0.410 e. The molecule has 1 aliphatic rings. The first-order chi connectivity index (χ1) is 12.3. The monoisotopic (exact) mass is 372 g/mol. The van der Waals surface area contributed by atoms with Gasteiger partial charge in [-0.05, 0) is 19.1 Å². The van der Waals surface area contributed by atoms with Gasteiger partial charge in [-0.1, -0.05) is 0 Å². The molecule has 3 rings (SSSR count). The lowest BCUT2D eigenvalue weighted by Gasteiger charge is -2.32. The number of methoxy groups -OCH3 is 1. The zero-order valence-electron chi connectivity index (χ0n) is 14.2. The molecule has 0 aliphatic carbocycles. The molecule has 0 radical (unpaired) electrons. The summed E-state index contributed by atoms with van der Waals surface area (Å²) in [5.41, 5.74) is -0.0928. The van der Waals surface area contributed by atoms with E-state index in [0.29, 0.717) is 5.76 Å². The number of hydrogen-bond donors (Lipinski definition) is 2. The summed E-state index contributed by atoms with van der Waals surface area (Å²) in [6.07, 6.45) is -3.39. The summed E-state index contributed by atoms with van der Waals surface area (Å²) in [4.78, 5) is 12.2. The number of hydrogen-bond acceptors (Lipinski definition) is 5. The summed E-state index contributed by atoms with van der Waals surface area (Å²) >= 11 is 0. The van der Waals surface area contributed by atoms with Crippen LogP contribution in [0.2, 0.25) is 0 Å². The highest BCUT2D eigenvalue weighted by Gasteiger charge is 2.47. The van der Waals surface area contributed by atoms with E-state index >= 15 is 0 Å².